The number of nitrogens with one attached hydrogen (secondary N) is 1. The van der Waals surface area contributed by atoms with E-state index in [4.69, 9.17) is 0 Å². The van der Waals surface area contributed by atoms with Gasteiger partial charge < -0.3 is 4.90 Å². The maximum atomic E-state index is 11.0. The van der Waals surface area contributed by atoms with Gasteiger partial charge in [-0.15, -0.1) is 0 Å². The molecule has 0 atom stereocenters. The van der Waals surface area contributed by atoms with Crippen LogP contribution in [0.5, 0.6) is 0 Å². The average molecular weight is 178 g/mol. The maximum absolute atomic E-state index is 11.0. The summed E-state index contributed by atoms with van der Waals surface area (Å²) >= 11 is 0. The lowest BCUT2D eigenvalue weighted by Crippen LogP contribution is -2.57. The molecule has 0 spiro atoms. The second-order valence-corrected chi connectivity index (χ2v) is 4.98. The molecule has 0 aromatic heterocycles. The highest BCUT2D eigenvalue weighted by molar-refractivity contribution is 7.89. The van der Waals surface area contributed by atoms with Gasteiger partial charge in [-0.1, -0.05) is 0 Å². The first-order valence-electron chi connectivity index (χ1n) is 3.72. The summed E-state index contributed by atoms with van der Waals surface area (Å²) in [6.07, 6.45) is 0. The number of sulfonamides is 1. The fourth-order valence-electron chi connectivity index (χ4n) is 1.11. The van der Waals surface area contributed by atoms with Gasteiger partial charge in [0.05, 0.1) is 5.75 Å². The summed E-state index contributed by atoms with van der Waals surface area (Å²) in [5.41, 5.74) is 0. The van der Waals surface area contributed by atoms with E-state index in [1.54, 1.807) is 6.92 Å². The van der Waals surface area contributed by atoms with Gasteiger partial charge in [-0.05, 0) is 14.0 Å². The summed E-state index contributed by atoms with van der Waals surface area (Å²) in [7, 11) is -1.01. The molecule has 0 aromatic rings. The molecule has 5 heteroatoms. The first-order valence-corrected chi connectivity index (χ1v) is 5.37. The van der Waals surface area contributed by atoms with Crippen molar-refractivity contribution in [3.05, 3.63) is 0 Å². The predicted octanol–water partition coefficient (Wildman–Crippen LogP) is -0.760. The van der Waals surface area contributed by atoms with E-state index in [0.29, 0.717) is 0 Å². The van der Waals surface area contributed by atoms with Crippen LogP contribution in [0.15, 0.2) is 0 Å². The normalized spacial score (nSPS) is 21.6. The van der Waals surface area contributed by atoms with Gasteiger partial charge in [-0.2, -0.15) is 0 Å². The SMILES string of the molecule is CCS(=O)(=O)NC1CN(C)C1. The Morgan fingerprint density at radius 3 is 2.45 bits per heavy atom. The van der Waals surface area contributed by atoms with Crippen LogP contribution in [0.3, 0.4) is 0 Å². The molecule has 4 nitrogen and oxygen atoms in total. The second kappa shape index (κ2) is 3.08. The highest BCUT2D eigenvalue weighted by atomic mass is 32.2. The molecule has 1 heterocycles. The minimum atomic E-state index is -2.98. The number of rotatable bonds is 3. The highest BCUT2D eigenvalue weighted by Gasteiger charge is 2.26. The van der Waals surface area contributed by atoms with Gasteiger partial charge in [0.2, 0.25) is 10.0 Å². The van der Waals surface area contributed by atoms with Crippen molar-refractivity contribution in [3.63, 3.8) is 0 Å². The van der Waals surface area contributed by atoms with E-state index in [9.17, 15) is 8.42 Å². The molecule has 1 aliphatic heterocycles. The third kappa shape index (κ3) is 2.43. The Balaban J connectivity index is 2.33. The number of likely N-dealkylation sites (tertiary alicyclic amines) is 1. The zero-order valence-electron chi connectivity index (χ0n) is 6.87. The van der Waals surface area contributed by atoms with E-state index < -0.39 is 10.0 Å². The minimum absolute atomic E-state index is 0.143. The topological polar surface area (TPSA) is 49.4 Å². The Bertz CT molecular complexity index is 219. The molecule has 0 aromatic carbocycles. The quantitative estimate of drug-likeness (QED) is 0.618. The Morgan fingerprint density at radius 2 is 2.09 bits per heavy atom. The number of likely N-dealkylation sites (N-methyl/N-ethyl adjacent to an activating group) is 1. The van der Waals surface area contributed by atoms with Gasteiger partial charge in [-0.25, -0.2) is 13.1 Å². The second-order valence-electron chi connectivity index (χ2n) is 2.94. The van der Waals surface area contributed by atoms with Crippen LogP contribution in [-0.4, -0.2) is 45.2 Å². The number of hydrogen-bond donors (Lipinski definition) is 1. The minimum Gasteiger partial charge on any atom is -0.303 e. The van der Waals surface area contributed by atoms with E-state index in [1.807, 2.05) is 7.05 Å². The summed E-state index contributed by atoms with van der Waals surface area (Å²) in [6.45, 7) is 3.31. The maximum Gasteiger partial charge on any atom is 0.211 e. The fraction of sp³-hybridized carbons (Fsp3) is 1.00. The molecule has 0 amide bonds. The summed E-state index contributed by atoms with van der Waals surface area (Å²) in [6, 6.07) is 0.143. The molecule has 11 heavy (non-hydrogen) atoms. The van der Waals surface area contributed by atoms with Crippen molar-refractivity contribution in [2.45, 2.75) is 13.0 Å². The lowest BCUT2D eigenvalue weighted by molar-refractivity contribution is 0.180. The van der Waals surface area contributed by atoms with Crippen LogP contribution in [0.2, 0.25) is 0 Å². The summed E-state index contributed by atoms with van der Waals surface area (Å²) < 4.78 is 24.6. The van der Waals surface area contributed by atoms with E-state index in [-0.39, 0.29) is 11.8 Å². The van der Waals surface area contributed by atoms with Crippen LogP contribution in [0.1, 0.15) is 6.92 Å². The van der Waals surface area contributed by atoms with Crippen molar-refractivity contribution in [2.75, 3.05) is 25.9 Å². The van der Waals surface area contributed by atoms with Crippen molar-refractivity contribution in [2.24, 2.45) is 0 Å². The van der Waals surface area contributed by atoms with E-state index in [1.165, 1.54) is 0 Å². The van der Waals surface area contributed by atoms with E-state index >= 15 is 0 Å². The third-order valence-corrected chi connectivity index (χ3v) is 3.24. The molecule has 1 saturated heterocycles. The van der Waals surface area contributed by atoms with Crippen LogP contribution in [-0.2, 0) is 10.0 Å². The monoisotopic (exact) mass is 178 g/mol. The van der Waals surface area contributed by atoms with E-state index in [2.05, 4.69) is 9.62 Å². The summed E-state index contributed by atoms with van der Waals surface area (Å²) in [4.78, 5) is 2.07. The van der Waals surface area contributed by atoms with Crippen molar-refractivity contribution >= 4 is 10.0 Å². The Hall–Kier alpha value is -0.130. The van der Waals surface area contributed by atoms with E-state index in [0.717, 1.165) is 13.1 Å². The van der Waals surface area contributed by atoms with Gasteiger partial charge in [0.25, 0.3) is 0 Å². The molecule has 1 rings (SSSR count). The van der Waals surface area contributed by atoms with Crippen molar-refractivity contribution in [1.29, 1.82) is 0 Å². The van der Waals surface area contributed by atoms with Crippen molar-refractivity contribution in [1.82, 2.24) is 9.62 Å². The molecule has 0 bridgehead atoms. The van der Waals surface area contributed by atoms with Crippen molar-refractivity contribution < 1.29 is 8.42 Å². The van der Waals surface area contributed by atoms with Crippen LogP contribution >= 0.6 is 0 Å². The Kier molecular flexibility index (Phi) is 2.51. The van der Waals surface area contributed by atoms with Crippen LogP contribution < -0.4 is 4.72 Å². The molecular weight excluding hydrogens is 164 g/mol. The lowest BCUT2D eigenvalue weighted by Gasteiger charge is -2.36. The molecule has 1 aliphatic rings. The number of hydrogen-bond acceptors (Lipinski definition) is 3. The van der Waals surface area contributed by atoms with Crippen LogP contribution in [0, 0.1) is 0 Å². The standard InChI is InChI=1S/C6H14N2O2S/c1-3-11(9,10)7-6-4-8(2)5-6/h6-7H,3-5H2,1-2H3. The first-order chi connectivity index (χ1) is 5.03. The fourth-order valence-corrected chi connectivity index (χ4v) is 1.93. The molecular formula is C6H14N2O2S. The van der Waals surface area contributed by atoms with Gasteiger partial charge in [0.15, 0.2) is 0 Å². The molecule has 0 radical (unpaired) electrons. The largest absolute Gasteiger partial charge is 0.303 e. The van der Waals surface area contributed by atoms with Gasteiger partial charge in [0, 0.05) is 19.1 Å². The highest BCUT2D eigenvalue weighted by Crippen LogP contribution is 2.04. The van der Waals surface area contributed by atoms with Gasteiger partial charge in [-0.3, -0.25) is 0 Å². The van der Waals surface area contributed by atoms with Gasteiger partial charge in [0.1, 0.15) is 0 Å². The predicted molar refractivity (Wildman–Crippen MR) is 43.9 cm³/mol. The third-order valence-electron chi connectivity index (χ3n) is 1.79. The Morgan fingerprint density at radius 1 is 1.55 bits per heavy atom. The van der Waals surface area contributed by atoms with Crippen molar-refractivity contribution in [3.8, 4) is 0 Å². The first kappa shape index (κ1) is 8.96. The zero-order valence-corrected chi connectivity index (χ0v) is 7.69. The lowest BCUT2D eigenvalue weighted by atomic mass is 10.2. The summed E-state index contributed by atoms with van der Waals surface area (Å²) in [5.74, 6) is 0.174. The average Bonchev–Trinajstić information content (AvgIpc) is 1.84. The van der Waals surface area contributed by atoms with Gasteiger partial charge >= 0.3 is 0 Å². The molecule has 0 saturated carbocycles. The van der Waals surface area contributed by atoms with Crippen LogP contribution in [0.25, 0.3) is 0 Å². The zero-order chi connectivity index (χ0) is 8.48. The molecule has 0 aliphatic carbocycles. The molecule has 0 unspecified atom stereocenters. The molecule has 1 N–H and O–H groups in total. The number of nitrogens with zero attached hydrogens (tertiary/aromatic N) is 1. The van der Waals surface area contributed by atoms with Crippen LogP contribution in [0.4, 0.5) is 0 Å². The smallest absolute Gasteiger partial charge is 0.211 e. The Labute approximate surface area is 67.6 Å². The summed E-state index contributed by atoms with van der Waals surface area (Å²) in [5, 5.41) is 0. The molecule has 1 fully saturated rings. The molecule has 66 valence electrons.